The van der Waals surface area contributed by atoms with Crippen molar-refractivity contribution in [2.75, 3.05) is 6.61 Å². The second kappa shape index (κ2) is 8.30. The van der Waals surface area contributed by atoms with Crippen molar-refractivity contribution >= 4 is 29.1 Å². The molecule has 0 atom stereocenters. The van der Waals surface area contributed by atoms with Gasteiger partial charge in [0.05, 0.1) is 4.92 Å². The van der Waals surface area contributed by atoms with Crippen LogP contribution in [-0.2, 0) is 4.79 Å². The maximum absolute atomic E-state index is 12.0. The number of nitro groups is 1. The van der Waals surface area contributed by atoms with Crippen molar-refractivity contribution in [2.45, 2.75) is 13.8 Å². The lowest BCUT2D eigenvalue weighted by Crippen LogP contribution is -2.43. The van der Waals surface area contributed by atoms with Gasteiger partial charge in [-0.15, -0.1) is 0 Å². The molecule has 0 aliphatic heterocycles. The number of rotatable bonds is 5. The summed E-state index contributed by atoms with van der Waals surface area (Å²) >= 11 is 5.69. The Morgan fingerprint density at radius 1 is 1.15 bits per heavy atom. The third kappa shape index (κ3) is 4.93. The maximum Gasteiger partial charge on any atom is 0.288 e. The molecule has 2 N–H and O–H groups in total. The highest BCUT2D eigenvalue weighted by atomic mass is 35.5. The third-order valence-electron chi connectivity index (χ3n) is 3.41. The molecular formula is C17H16ClN3O5. The summed E-state index contributed by atoms with van der Waals surface area (Å²) in [5.74, 6) is -0.739. The maximum atomic E-state index is 12.0. The number of nitro benzene ring substituents is 1. The van der Waals surface area contributed by atoms with Gasteiger partial charge in [-0.3, -0.25) is 30.6 Å². The van der Waals surface area contributed by atoms with Crippen LogP contribution >= 0.6 is 11.6 Å². The summed E-state index contributed by atoms with van der Waals surface area (Å²) in [6.07, 6.45) is 0. The molecule has 0 heterocycles. The van der Waals surface area contributed by atoms with Crippen LogP contribution in [0, 0.1) is 24.0 Å². The van der Waals surface area contributed by atoms with Crippen LogP contribution in [0.4, 0.5) is 5.69 Å². The first-order valence-electron chi connectivity index (χ1n) is 7.51. The van der Waals surface area contributed by atoms with Gasteiger partial charge in [0.25, 0.3) is 17.5 Å². The van der Waals surface area contributed by atoms with E-state index in [1.165, 1.54) is 12.1 Å². The minimum absolute atomic E-state index is 0.0169. The molecule has 0 unspecified atom stereocenters. The first-order valence-corrected chi connectivity index (χ1v) is 7.89. The predicted molar refractivity (Wildman–Crippen MR) is 95.1 cm³/mol. The van der Waals surface area contributed by atoms with Crippen LogP contribution in [-0.4, -0.2) is 23.3 Å². The van der Waals surface area contributed by atoms with Gasteiger partial charge in [0.15, 0.2) is 6.61 Å². The number of carbonyl (C=O) groups excluding carboxylic acids is 2. The highest BCUT2D eigenvalue weighted by molar-refractivity contribution is 6.32. The van der Waals surface area contributed by atoms with Crippen LogP contribution in [0.3, 0.4) is 0 Å². The molecule has 0 radical (unpaired) electrons. The lowest BCUT2D eigenvalue weighted by Gasteiger charge is -2.11. The van der Waals surface area contributed by atoms with Gasteiger partial charge in [-0.2, -0.15) is 0 Å². The average Bonchev–Trinajstić information content (AvgIpc) is 2.59. The molecule has 0 aromatic heterocycles. The summed E-state index contributed by atoms with van der Waals surface area (Å²) in [5, 5.41) is 10.7. The number of aryl methyl sites for hydroxylation is 2. The number of hydrazine groups is 1. The van der Waals surface area contributed by atoms with E-state index in [0.29, 0.717) is 5.75 Å². The van der Waals surface area contributed by atoms with Crippen molar-refractivity contribution in [3.63, 3.8) is 0 Å². The van der Waals surface area contributed by atoms with Crippen molar-refractivity contribution < 1.29 is 19.2 Å². The van der Waals surface area contributed by atoms with Crippen LogP contribution < -0.4 is 15.6 Å². The Balaban J connectivity index is 1.89. The normalized spacial score (nSPS) is 10.1. The number of hydrogen-bond acceptors (Lipinski definition) is 5. The number of amides is 2. The van der Waals surface area contributed by atoms with E-state index in [1.54, 1.807) is 6.07 Å². The molecule has 136 valence electrons. The van der Waals surface area contributed by atoms with Crippen molar-refractivity contribution in [3.8, 4) is 5.75 Å². The summed E-state index contributed by atoms with van der Waals surface area (Å²) in [4.78, 5) is 33.9. The van der Waals surface area contributed by atoms with Gasteiger partial charge < -0.3 is 4.74 Å². The summed E-state index contributed by atoms with van der Waals surface area (Å²) in [6.45, 7) is 3.50. The Hall–Kier alpha value is -3.13. The fraction of sp³-hybridized carbons (Fsp3) is 0.176. The van der Waals surface area contributed by atoms with Gasteiger partial charge in [-0.05, 0) is 37.6 Å². The number of benzene rings is 2. The van der Waals surface area contributed by atoms with Gasteiger partial charge in [0, 0.05) is 11.6 Å². The molecular weight excluding hydrogens is 362 g/mol. The Kier molecular flexibility index (Phi) is 6.13. The molecule has 0 fully saturated rings. The minimum Gasteiger partial charge on any atom is -0.483 e. The standard InChI is InChI=1S/C17H16ClN3O5/c1-10-3-6-15(11(2)7-10)26-9-16(22)19-20-17(23)12-4-5-13(18)14(8-12)21(24)25/h3-8H,9H2,1-2H3,(H,19,22)(H,20,23). The van der Waals surface area contributed by atoms with E-state index in [2.05, 4.69) is 10.9 Å². The van der Waals surface area contributed by atoms with E-state index in [-0.39, 0.29) is 17.2 Å². The molecule has 26 heavy (non-hydrogen) atoms. The number of hydrogen-bond donors (Lipinski definition) is 2. The van der Waals surface area contributed by atoms with E-state index in [0.717, 1.165) is 17.2 Å². The molecule has 2 rings (SSSR count). The van der Waals surface area contributed by atoms with E-state index >= 15 is 0 Å². The minimum atomic E-state index is -0.718. The lowest BCUT2D eigenvalue weighted by molar-refractivity contribution is -0.384. The summed E-state index contributed by atoms with van der Waals surface area (Å²) < 4.78 is 5.39. The Labute approximate surface area is 154 Å². The highest BCUT2D eigenvalue weighted by Gasteiger charge is 2.16. The molecule has 0 aliphatic carbocycles. The molecule has 0 spiro atoms. The molecule has 0 saturated heterocycles. The van der Waals surface area contributed by atoms with Gasteiger partial charge in [0.2, 0.25) is 0 Å². The van der Waals surface area contributed by atoms with Crippen molar-refractivity contribution in [3.05, 3.63) is 68.2 Å². The SMILES string of the molecule is Cc1ccc(OCC(=O)NNC(=O)c2ccc(Cl)c([N+](=O)[O-])c2)c(C)c1. The largest absolute Gasteiger partial charge is 0.483 e. The van der Waals surface area contributed by atoms with Gasteiger partial charge in [-0.25, -0.2) is 0 Å². The predicted octanol–water partition coefficient (Wildman–Crippen LogP) is 2.71. The molecule has 0 aliphatic rings. The fourth-order valence-electron chi connectivity index (χ4n) is 2.13. The number of nitrogens with zero attached hydrogens (tertiary/aromatic N) is 1. The average molecular weight is 378 g/mol. The molecule has 9 heteroatoms. The zero-order chi connectivity index (χ0) is 19.3. The monoisotopic (exact) mass is 377 g/mol. The smallest absolute Gasteiger partial charge is 0.288 e. The van der Waals surface area contributed by atoms with Crippen molar-refractivity contribution in [1.29, 1.82) is 0 Å². The molecule has 2 aromatic carbocycles. The van der Waals surface area contributed by atoms with Crippen LogP contribution in [0.15, 0.2) is 36.4 Å². The fourth-order valence-corrected chi connectivity index (χ4v) is 2.32. The number of ether oxygens (including phenoxy) is 1. The second-order valence-electron chi connectivity index (χ2n) is 5.48. The van der Waals surface area contributed by atoms with E-state index in [4.69, 9.17) is 16.3 Å². The molecule has 0 saturated carbocycles. The van der Waals surface area contributed by atoms with E-state index in [9.17, 15) is 19.7 Å². The summed E-state index contributed by atoms with van der Waals surface area (Å²) in [6, 6.07) is 9.10. The van der Waals surface area contributed by atoms with Crippen LogP contribution in [0.2, 0.25) is 5.02 Å². The molecule has 0 bridgehead atoms. The quantitative estimate of drug-likeness (QED) is 0.614. The Bertz CT molecular complexity index is 869. The molecule has 2 amide bonds. The van der Waals surface area contributed by atoms with Gasteiger partial charge in [0.1, 0.15) is 10.8 Å². The Morgan fingerprint density at radius 3 is 2.54 bits per heavy atom. The number of halogens is 1. The third-order valence-corrected chi connectivity index (χ3v) is 3.73. The van der Waals surface area contributed by atoms with Crippen molar-refractivity contribution in [1.82, 2.24) is 10.9 Å². The number of nitrogens with one attached hydrogen (secondary N) is 2. The molecule has 2 aromatic rings. The Morgan fingerprint density at radius 2 is 1.88 bits per heavy atom. The first kappa shape index (κ1) is 19.2. The summed E-state index contributed by atoms with van der Waals surface area (Å²) in [7, 11) is 0. The number of carbonyl (C=O) groups is 2. The van der Waals surface area contributed by atoms with Crippen LogP contribution in [0.1, 0.15) is 21.5 Å². The van der Waals surface area contributed by atoms with Crippen LogP contribution in [0.25, 0.3) is 0 Å². The topological polar surface area (TPSA) is 111 Å². The van der Waals surface area contributed by atoms with Crippen molar-refractivity contribution in [2.24, 2.45) is 0 Å². The first-order chi connectivity index (χ1) is 12.3. The lowest BCUT2D eigenvalue weighted by atomic mass is 10.1. The highest BCUT2D eigenvalue weighted by Crippen LogP contribution is 2.24. The van der Waals surface area contributed by atoms with Gasteiger partial charge >= 0.3 is 0 Å². The van der Waals surface area contributed by atoms with Gasteiger partial charge in [-0.1, -0.05) is 29.3 Å². The van der Waals surface area contributed by atoms with Crippen LogP contribution in [0.5, 0.6) is 5.75 Å². The second-order valence-corrected chi connectivity index (χ2v) is 5.89. The van der Waals surface area contributed by atoms with E-state index in [1.807, 2.05) is 26.0 Å². The molecule has 8 nitrogen and oxygen atoms in total. The van der Waals surface area contributed by atoms with E-state index < -0.39 is 22.4 Å². The summed E-state index contributed by atoms with van der Waals surface area (Å²) in [5.41, 5.74) is 5.88. The zero-order valence-corrected chi connectivity index (χ0v) is 14.8. The zero-order valence-electron chi connectivity index (χ0n) is 14.0.